The van der Waals surface area contributed by atoms with E-state index in [2.05, 4.69) is 6.92 Å². The van der Waals surface area contributed by atoms with Crippen molar-refractivity contribution in [2.24, 2.45) is 0 Å². The van der Waals surface area contributed by atoms with Gasteiger partial charge in [-0.2, -0.15) is 11.8 Å². The molecule has 0 bridgehead atoms. The minimum Gasteiger partial charge on any atom is -0.396 e. The van der Waals surface area contributed by atoms with E-state index in [9.17, 15) is 4.79 Å². The van der Waals surface area contributed by atoms with Crippen LogP contribution in [0.1, 0.15) is 45.4 Å². The molecule has 0 fully saturated rings. The molecule has 2 nitrogen and oxygen atoms in total. The molecule has 1 N–H and O–H groups in total. The van der Waals surface area contributed by atoms with Crippen LogP contribution in [0.3, 0.4) is 0 Å². The van der Waals surface area contributed by atoms with Crippen LogP contribution < -0.4 is 0 Å². The maximum absolute atomic E-state index is 11.0. The number of hydrogen-bond acceptors (Lipinski definition) is 3. The van der Waals surface area contributed by atoms with Gasteiger partial charge < -0.3 is 5.11 Å². The zero-order valence-electron chi connectivity index (χ0n) is 9.13. The highest BCUT2D eigenvalue weighted by atomic mass is 32.2. The predicted molar refractivity (Wildman–Crippen MR) is 62.8 cm³/mol. The van der Waals surface area contributed by atoms with Gasteiger partial charge in [0.1, 0.15) is 5.78 Å². The van der Waals surface area contributed by atoms with Crippen LogP contribution in [-0.2, 0) is 4.79 Å². The Balaban J connectivity index is 3.01. The Labute approximate surface area is 91.5 Å². The summed E-state index contributed by atoms with van der Waals surface area (Å²) in [5, 5.41) is 8.51. The number of aliphatic hydroxyl groups excluding tert-OH is 1. The van der Waals surface area contributed by atoms with Gasteiger partial charge in [-0.05, 0) is 12.2 Å². The van der Waals surface area contributed by atoms with Crippen LogP contribution in [0.4, 0.5) is 0 Å². The Hall–Kier alpha value is -0.0200. The third-order valence-corrected chi connectivity index (χ3v) is 3.13. The number of unbranched alkanes of at least 4 members (excludes halogenated alkanes) is 3. The minimum absolute atomic E-state index is 0. The van der Waals surface area contributed by atoms with Gasteiger partial charge in [-0.15, -0.1) is 0 Å². The molecule has 84 valence electrons. The van der Waals surface area contributed by atoms with E-state index in [-0.39, 0.29) is 12.4 Å². The first-order valence-electron chi connectivity index (χ1n) is 5.51. The summed E-state index contributed by atoms with van der Waals surface area (Å²) in [7, 11) is 0. The monoisotopic (exact) mass is 218 g/mol. The second kappa shape index (κ2) is 11.1. The predicted octanol–water partition coefficient (Wildman–Crippen LogP) is 2.64. The van der Waals surface area contributed by atoms with Crippen molar-refractivity contribution >= 4 is 17.5 Å². The van der Waals surface area contributed by atoms with Crippen molar-refractivity contribution in [1.82, 2.24) is 0 Å². The summed E-state index contributed by atoms with van der Waals surface area (Å²) in [5.41, 5.74) is 0. The Bertz CT molecular complexity index is 137. The largest absolute Gasteiger partial charge is 0.396 e. The zero-order valence-corrected chi connectivity index (χ0v) is 9.94. The van der Waals surface area contributed by atoms with Gasteiger partial charge in [-0.1, -0.05) is 26.2 Å². The van der Waals surface area contributed by atoms with E-state index < -0.39 is 0 Å². The van der Waals surface area contributed by atoms with Crippen LogP contribution in [0.2, 0.25) is 0 Å². The number of thioether (sulfide) groups is 1. The van der Waals surface area contributed by atoms with Crippen molar-refractivity contribution in [3.05, 3.63) is 0 Å². The number of carbonyl (C=O) groups excluding carboxylic acids is 1. The molecule has 0 rings (SSSR count). The average Bonchev–Trinajstić information content (AvgIpc) is 2.17. The van der Waals surface area contributed by atoms with Crippen LogP contribution in [0.15, 0.2) is 0 Å². The molecule has 0 atom stereocenters. The molecule has 0 aromatic rings. The normalized spacial score (nSPS) is 10.4. The summed E-state index contributed by atoms with van der Waals surface area (Å²) in [6, 6.07) is 0. The van der Waals surface area contributed by atoms with E-state index in [1.54, 1.807) is 0 Å². The van der Waals surface area contributed by atoms with Gasteiger partial charge in [0.05, 0.1) is 0 Å². The molecule has 0 amide bonds. The number of rotatable bonds is 10. The molecule has 0 saturated carbocycles. The molecule has 0 aromatic carbocycles. The molecule has 0 unspecified atom stereocenters. The SMILES string of the molecule is CCCCCCSCCC(=O)CCO. The van der Waals surface area contributed by atoms with Crippen LogP contribution in [0.5, 0.6) is 0 Å². The number of aliphatic hydroxyl groups is 1. The van der Waals surface area contributed by atoms with E-state index >= 15 is 0 Å². The van der Waals surface area contributed by atoms with Crippen LogP contribution >= 0.6 is 11.8 Å². The molecule has 0 spiro atoms. The first-order valence-corrected chi connectivity index (χ1v) is 6.67. The topological polar surface area (TPSA) is 37.3 Å². The highest BCUT2D eigenvalue weighted by Crippen LogP contribution is 2.09. The molecule has 0 saturated heterocycles. The standard InChI is InChI=1S/C11H22O2S/c1-2-3-4-5-9-14-10-7-11(13)6-8-12/h12H,2-10H2,1H3. The Kier molecular flexibility index (Phi) is 11.0. The quantitative estimate of drug-likeness (QED) is 0.573. The number of Topliss-reactive ketones (excluding diaryl/α,β-unsaturated/α-hetero) is 1. The molecule has 0 aliphatic rings. The lowest BCUT2D eigenvalue weighted by atomic mass is 10.2. The fraction of sp³-hybridized carbons (Fsp3) is 0.909. The molecule has 0 heterocycles. The van der Waals surface area contributed by atoms with Gasteiger partial charge in [0.2, 0.25) is 0 Å². The fourth-order valence-corrected chi connectivity index (χ4v) is 2.15. The molecule has 0 radical (unpaired) electrons. The second-order valence-corrected chi connectivity index (χ2v) is 4.66. The lowest BCUT2D eigenvalue weighted by Gasteiger charge is -2.00. The summed E-state index contributed by atoms with van der Waals surface area (Å²) >= 11 is 1.86. The first kappa shape index (κ1) is 14.0. The van der Waals surface area contributed by atoms with Crippen molar-refractivity contribution in [3.63, 3.8) is 0 Å². The molecule has 0 aromatic heterocycles. The van der Waals surface area contributed by atoms with Gasteiger partial charge in [0.15, 0.2) is 0 Å². The van der Waals surface area contributed by atoms with Gasteiger partial charge >= 0.3 is 0 Å². The average molecular weight is 218 g/mol. The van der Waals surface area contributed by atoms with E-state index in [0.29, 0.717) is 12.8 Å². The summed E-state index contributed by atoms with van der Waals surface area (Å²) in [6.07, 6.45) is 6.14. The molecule has 0 aliphatic carbocycles. The van der Waals surface area contributed by atoms with Crippen molar-refractivity contribution < 1.29 is 9.90 Å². The number of carbonyl (C=O) groups is 1. The van der Waals surface area contributed by atoms with E-state index in [1.807, 2.05) is 11.8 Å². The van der Waals surface area contributed by atoms with Crippen molar-refractivity contribution in [1.29, 1.82) is 0 Å². The number of ketones is 1. The highest BCUT2D eigenvalue weighted by Gasteiger charge is 1.99. The van der Waals surface area contributed by atoms with E-state index in [4.69, 9.17) is 5.11 Å². The molecule has 3 heteroatoms. The summed E-state index contributed by atoms with van der Waals surface area (Å²) in [6.45, 7) is 2.21. The van der Waals surface area contributed by atoms with Crippen LogP contribution in [-0.4, -0.2) is 29.0 Å². The minimum atomic E-state index is 0. The Morgan fingerprint density at radius 1 is 1.14 bits per heavy atom. The third-order valence-electron chi connectivity index (χ3n) is 2.06. The maximum Gasteiger partial charge on any atom is 0.136 e. The summed E-state index contributed by atoms with van der Waals surface area (Å²) < 4.78 is 0. The maximum atomic E-state index is 11.0. The van der Waals surface area contributed by atoms with E-state index in [0.717, 1.165) is 5.75 Å². The highest BCUT2D eigenvalue weighted by molar-refractivity contribution is 7.99. The Morgan fingerprint density at radius 2 is 1.93 bits per heavy atom. The van der Waals surface area contributed by atoms with E-state index in [1.165, 1.54) is 31.4 Å². The van der Waals surface area contributed by atoms with Crippen molar-refractivity contribution in [2.75, 3.05) is 18.1 Å². The second-order valence-electron chi connectivity index (χ2n) is 3.44. The van der Waals surface area contributed by atoms with Crippen LogP contribution in [0.25, 0.3) is 0 Å². The third kappa shape index (κ3) is 10.1. The molecular weight excluding hydrogens is 196 g/mol. The van der Waals surface area contributed by atoms with Gasteiger partial charge in [-0.25, -0.2) is 0 Å². The molecule has 0 aliphatic heterocycles. The smallest absolute Gasteiger partial charge is 0.136 e. The molecular formula is C11H22O2S. The van der Waals surface area contributed by atoms with Crippen molar-refractivity contribution in [3.8, 4) is 0 Å². The number of hydrogen-bond donors (Lipinski definition) is 1. The lowest BCUT2D eigenvalue weighted by Crippen LogP contribution is -2.02. The van der Waals surface area contributed by atoms with Crippen molar-refractivity contribution in [2.45, 2.75) is 45.4 Å². The summed E-state index contributed by atoms with van der Waals surface area (Å²) in [4.78, 5) is 11.0. The molecule has 14 heavy (non-hydrogen) atoms. The van der Waals surface area contributed by atoms with Gasteiger partial charge in [0.25, 0.3) is 0 Å². The first-order chi connectivity index (χ1) is 6.81. The lowest BCUT2D eigenvalue weighted by molar-refractivity contribution is -0.119. The fourth-order valence-electron chi connectivity index (χ4n) is 1.17. The zero-order chi connectivity index (χ0) is 10.6. The van der Waals surface area contributed by atoms with Gasteiger partial charge in [0, 0.05) is 25.2 Å². The van der Waals surface area contributed by atoms with Gasteiger partial charge in [-0.3, -0.25) is 4.79 Å². The summed E-state index contributed by atoms with van der Waals surface area (Å²) in [5.74, 6) is 2.28. The van der Waals surface area contributed by atoms with Crippen LogP contribution in [0, 0.1) is 0 Å². The Morgan fingerprint density at radius 3 is 2.57 bits per heavy atom.